The third kappa shape index (κ3) is 45.7. The second-order valence-corrected chi connectivity index (χ2v) is 7.52. The molecular weight excluding hydrogens is 383 g/mol. The third-order valence-electron chi connectivity index (χ3n) is 3.23. The Balaban J connectivity index is -0.000000704. The number of hydrogen-bond donors (Lipinski definition) is 2. The zero-order valence-electron chi connectivity index (χ0n) is 15.4. The van der Waals surface area contributed by atoms with Gasteiger partial charge in [0.1, 0.15) is 0 Å². The summed E-state index contributed by atoms with van der Waals surface area (Å²) in [6.07, 6.45) is 14.5. The summed E-state index contributed by atoms with van der Waals surface area (Å²) in [7, 11) is -9.16. The Hall–Kier alpha value is 0.740. The molecule has 25 heavy (non-hydrogen) atoms. The van der Waals surface area contributed by atoms with Crippen LogP contribution in [0.15, 0.2) is 0 Å². The van der Waals surface area contributed by atoms with E-state index in [1.807, 2.05) is 0 Å². The normalized spacial score (nSPS) is 11.4. The minimum atomic E-state index is -4.67. The van der Waals surface area contributed by atoms with Crippen LogP contribution in [0.5, 0.6) is 0 Å². The molecule has 0 saturated heterocycles. The van der Waals surface area contributed by atoms with E-state index in [4.69, 9.17) is 17.5 Å². The molecule has 0 bridgehead atoms. The second kappa shape index (κ2) is 19.5. The quantitative estimate of drug-likeness (QED) is 0.181. The Morgan fingerprint density at radius 2 is 1.00 bits per heavy atom. The van der Waals surface area contributed by atoms with Crippen LogP contribution in [0.3, 0.4) is 0 Å². The molecule has 0 radical (unpaired) electrons. The van der Waals surface area contributed by atoms with Crippen LogP contribution in [-0.4, -0.2) is 37.1 Å². The summed E-state index contributed by atoms with van der Waals surface area (Å²) in [5.41, 5.74) is 0. The van der Waals surface area contributed by atoms with Gasteiger partial charge in [0, 0.05) is 0 Å². The number of unbranched alkanes of at least 4 members (excludes halogenated alkanes) is 11. The van der Waals surface area contributed by atoms with Gasteiger partial charge in [-0.2, -0.15) is 8.42 Å². The molecule has 0 atom stereocenters. The summed E-state index contributed by atoms with van der Waals surface area (Å²) < 4.78 is 66.2. The zero-order chi connectivity index (χ0) is 18.9. The van der Waals surface area contributed by atoms with E-state index in [0.717, 1.165) is 12.8 Å². The minimum absolute atomic E-state index is 0. The van der Waals surface area contributed by atoms with Gasteiger partial charge in [-0.1, -0.05) is 77.6 Å². The van der Waals surface area contributed by atoms with E-state index < -0.39 is 20.8 Å². The molecule has 0 aromatic heterocycles. The molecule has 0 fully saturated rings. The molecule has 0 spiro atoms. The van der Waals surface area contributed by atoms with E-state index in [1.54, 1.807) is 0 Å². The van der Waals surface area contributed by atoms with Crippen molar-refractivity contribution in [1.82, 2.24) is 0 Å². The molecule has 0 unspecified atom stereocenters. The zero-order valence-corrected chi connectivity index (χ0v) is 19.0. The van der Waals surface area contributed by atoms with Gasteiger partial charge in [0.25, 0.3) is 0 Å². The Morgan fingerprint density at radius 3 is 1.28 bits per heavy atom. The number of rotatable bonds is 14. The van der Waals surface area contributed by atoms with Crippen LogP contribution in [0.25, 0.3) is 0 Å². The molecule has 0 amide bonds. The van der Waals surface area contributed by atoms with Crippen LogP contribution >= 0.6 is 0 Å². The van der Waals surface area contributed by atoms with E-state index in [9.17, 15) is 13.0 Å². The van der Waals surface area contributed by atoms with Crippen molar-refractivity contribution < 1.29 is 64.2 Å². The van der Waals surface area contributed by atoms with Crippen LogP contribution in [0.1, 0.15) is 84.0 Å². The Kier molecular flexibility index (Phi) is 23.8. The predicted octanol–water partition coefficient (Wildman–Crippen LogP) is 0.516. The smallest absolute Gasteiger partial charge is 0.726 e. The number of hydrogen-bond acceptors (Lipinski definition) is 6. The fraction of sp³-hybridized carbons (Fsp3) is 1.00. The first-order valence-electron chi connectivity index (χ1n) is 8.36. The van der Waals surface area contributed by atoms with Crippen LogP contribution in [0, 0.1) is 0 Å². The average molecular weight is 415 g/mol. The van der Waals surface area contributed by atoms with E-state index in [1.165, 1.54) is 57.8 Å². The van der Waals surface area contributed by atoms with Gasteiger partial charge < -0.3 is 4.55 Å². The Morgan fingerprint density at radius 1 is 0.720 bits per heavy atom. The maximum atomic E-state index is 10.2. The molecule has 0 aliphatic heterocycles. The summed E-state index contributed by atoms with van der Waals surface area (Å²) in [6, 6.07) is 0. The first kappa shape index (κ1) is 30.5. The van der Waals surface area contributed by atoms with E-state index >= 15 is 0 Å². The fourth-order valence-electron chi connectivity index (χ4n) is 2.10. The van der Waals surface area contributed by atoms with Crippen molar-refractivity contribution in [3.8, 4) is 0 Å². The fourth-order valence-corrected chi connectivity index (χ4v) is 2.43. The van der Waals surface area contributed by atoms with Gasteiger partial charge in [0.2, 0.25) is 10.4 Å². The molecule has 0 aliphatic rings. The molecule has 0 heterocycles. The van der Waals surface area contributed by atoms with Gasteiger partial charge in [-0.15, -0.1) is 0 Å². The first-order valence-corrected chi connectivity index (χ1v) is 11.1. The molecule has 0 aliphatic carbocycles. The van der Waals surface area contributed by atoms with Gasteiger partial charge in [-0.25, -0.2) is 8.42 Å². The first-order chi connectivity index (χ1) is 11.1. The van der Waals surface area contributed by atoms with E-state index in [0.29, 0.717) is 6.42 Å². The Labute approximate surface area is 174 Å². The van der Waals surface area contributed by atoms with Crippen LogP contribution in [0.2, 0.25) is 0 Å². The maximum Gasteiger partial charge on any atom is 1.00 e. The summed E-state index contributed by atoms with van der Waals surface area (Å²) in [5.74, 6) is 0. The molecule has 11 heteroatoms. The standard InChI is InChI=1S/C14H30O4S.Na.H2O4S/c1-2-3-4-5-6-7-8-9-10-11-12-13-14-18-19(15,16)17;;1-5(2,3)4/h2-14H2,1H3,(H,15,16,17);;(H2,1,2,3,4)/q;+1;/p-1. The van der Waals surface area contributed by atoms with Crippen LogP contribution in [-0.2, 0) is 25.0 Å². The van der Waals surface area contributed by atoms with E-state index in [-0.39, 0.29) is 36.2 Å². The molecule has 0 rings (SSSR count). The maximum absolute atomic E-state index is 10.2. The monoisotopic (exact) mass is 414 g/mol. The molecule has 8 nitrogen and oxygen atoms in total. The topological polar surface area (TPSA) is 141 Å². The van der Waals surface area contributed by atoms with Crippen molar-refractivity contribution in [2.45, 2.75) is 84.0 Å². The molecule has 148 valence electrons. The van der Waals surface area contributed by atoms with Gasteiger partial charge in [-0.05, 0) is 6.42 Å². The predicted molar refractivity (Wildman–Crippen MR) is 90.9 cm³/mol. The van der Waals surface area contributed by atoms with Crippen LogP contribution < -0.4 is 29.6 Å². The summed E-state index contributed by atoms with van der Waals surface area (Å²) >= 11 is 0. The van der Waals surface area contributed by atoms with Gasteiger partial charge in [-0.3, -0.25) is 13.3 Å². The largest absolute Gasteiger partial charge is 1.00 e. The van der Waals surface area contributed by atoms with Crippen molar-refractivity contribution in [3.63, 3.8) is 0 Å². The minimum Gasteiger partial charge on any atom is -0.726 e. The average Bonchev–Trinajstić information content (AvgIpc) is 2.41. The van der Waals surface area contributed by atoms with Crippen molar-refractivity contribution in [2.75, 3.05) is 6.61 Å². The molecule has 0 saturated carbocycles. The Bertz CT molecular complexity index is 457. The van der Waals surface area contributed by atoms with Gasteiger partial charge >= 0.3 is 40.0 Å². The second-order valence-electron chi connectivity index (χ2n) is 5.57. The SMILES string of the molecule is CCCCCCCCCCCCCCOS(=O)(=O)[O-].O=S(=O)(O)O.[Na+]. The van der Waals surface area contributed by atoms with E-state index in [2.05, 4.69) is 11.1 Å². The third-order valence-corrected chi connectivity index (χ3v) is 3.68. The van der Waals surface area contributed by atoms with Crippen molar-refractivity contribution >= 4 is 20.8 Å². The van der Waals surface area contributed by atoms with Gasteiger partial charge in [0.15, 0.2) is 0 Å². The van der Waals surface area contributed by atoms with Crippen molar-refractivity contribution in [3.05, 3.63) is 0 Å². The molecule has 0 aromatic carbocycles. The van der Waals surface area contributed by atoms with Crippen molar-refractivity contribution in [1.29, 1.82) is 0 Å². The molecule has 2 N–H and O–H groups in total. The molecule has 0 aromatic rings. The summed E-state index contributed by atoms with van der Waals surface area (Å²) in [5, 5.41) is 0. The molecular formula is C14H31NaO8S2. The van der Waals surface area contributed by atoms with Crippen molar-refractivity contribution in [2.24, 2.45) is 0 Å². The summed E-state index contributed by atoms with van der Waals surface area (Å²) in [4.78, 5) is 0. The van der Waals surface area contributed by atoms with Crippen LogP contribution in [0.4, 0.5) is 0 Å². The van der Waals surface area contributed by atoms with Gasteiger partial charge in [0.05, 0.1) is 6.61 Å². The summed E-state index contributed by atoms with van der Waals surface area (Å²) in [6.45, 7) is 2.26.